The number of ether oxygens (including phenoxy) is 1. The summed E-state index contributed by atoms with van der Waals surface area (Å²) in [6, 6.07) is 2.71. The molecule has 2 aliphatic rings. The van der Waals surface area contributed by atoms with Gasteiger partial charge in [0, 0.05) is 12.3 Å². The number of likely N-dealkylation sites (tertiary alicyclic amines) is 1. The number of amides is 1. The zero-order valence-corrected chi connectivity index (χ0v) is 17.7. The smallest absolute Gasteiger partial charge is 0.522 e. The summed E-state index contributed by atoms with van der Waals surface area (Å²) in [7, 11) is -1.05. The summed E-state index contributed by atoms with van der Waals surface area (Å²) in [4.78, 5) is 37.5. The van der Waals surface area contributed by atoms with Crippen LogP contribution in [0.3, 0.4) is 0 Å². The molecule has 0 aliphatic carbocycles. The SMILES string of the molecule is C[C@H](N)C(=O)C[C@@H](C)C(=O)N1CC(Oc2ccc3c(c2C(=O)O)OB(O)CC3)C1.Cl. The number of benzene rings is 1. The fraction of sp³-hybridized carbons (Fsp3) is 0.526. The fourth-order valence-corrected chi connectivity index (χ4v) is 3.47. The standard InChI is InChI=1S/C19H25BN2O7.ClH/c1-10(7-14(23)11(2)21)18(24)22-8-13(9-22)28-15-4-3-12-5-6-20(27)29-17(12)16(15)19(25)26;/h3-4,10-11,13,27H,5-9,21H2,1-2H3,(H,25,26);1H/t10-,11+;/m1./s1. The first-order chi connectivity index (χ1) is 13.7. The average molecular weight is 441 g/mol. The molecule has 4 N–H and O–H groups in total. The summed E-state index contributed by atoms with van der Waals surface area (Å²) < 4.78 is 11.1. The summed E-state index contributed by atoms with van der Waals surface area (Å²) in [5.41, 5.74) is 6.13. The van der Waals surface area contributed by atoms with Crippen molar-refractivity contribution in [2.24, 2.45) is 11.7 Å². The lowest BCUT2D eigenvalue weighted by Gasteiger charge is -2.40. The normalized spacial score (nSPS) is 17.6. The lowest BCUT2D eigenvalue weighted by atomic mass is 9.78. The first-order valence-corrected chi connectivity index (χ1v) is 9.65. The van der Waals surface area contributed by atoms with Gasteiger partial charge in [0.15, 0.2) is 0 Å². The summed E-state index contributed by atoms with van der Waals surface area (Å²) >= 11 is 0. The van der Waals surface area contributed by atoms with E-state index in [0.717, 1.165) is 0 Å². The number of ketones is 1. The number of nitrogens with two attached hydrogens (primary N) is 1. The van der Waals surface area contributed by atoms with E-state index in [2.05, 4.69) is 0 Å². The number of carboxylic acids is 1. The highest BCUT2D eigenvalue weighted by Gasteiger charge is 2.37. The number of carbonyl (C=O) groups is 3. The van der Waals surface area contributed by atoms with Crippen molar-refractivity contribution >= 4 is 37.2 Å². The Morgan fingerprint density at radius 1 is 1.33 bits per heavy atom. The van der Waals surface area contributed by atoms with Gasteiger partial charge in [0.2, 0.25) is 5.91 Å². The Morgan fingerprint density at radius 2 is 2.00 bits per heavy atom. The molecule has 0 aromatic heterocycles. The molecule has 1 fully saturated rings. The number of hydrogen-bond donors (Lipinski definition) is 3. The molecule has 2 heterocycles. The second-order valence-electron chi connectivity index (χ2n) is 7.69. The molecule has 0 bridgehead atoms. The number of carbonyl (C=O) groups excluding carboxylic acids is 2. The highest BCUT2D eigenvalue weighted by Crippen LogP contribution is 2.37. The van der Waals surface area contributed by atoms with E-state index in [1.807, 2.05) is 0 Å². The third-order valence-corrected chi connectivity index (χ3v) is 5.22. The van der Waals surface area contributed by atoms with Gasteiger partial charge in [0.25, 0.3) is 0 Å². The van der Waals surface area contributed by atoms with E-state index >= 15 is 0 Å². The van der Waals surface area contributed by atoms with E-state index < -0.39 is 25.0 Å². The minimum atomic E-state index is -1.21. The Balaban J connectivity index is 0.00000320. The summed E-state index contributed by atoms with van der Waals surface area (Å²) in [6.45, 7) is 3.88. The van der Waals surface area contributed by atoms with Crippen molar-refractivity contribution in [3.8, 4) is 11.5 Å². The predicted octanol–water partition coefficient (Wildman–Crippen LogP) is 0.754. The predicted molar refractivity (Wildman–Crippen MR) is 111 cm³/mol. The summed E-state index contributed by atoms with van der Waals surface area (Å²) in [5.74, 6) is -1.73. The van der Waals surface area contributed by atoms with E-state index in [9.17, 15) is 24.5 Å². The van der Waals surface area contributed by atoms with Crippen LogP contribution in [-0.2, 0) is 16.0 Å². The maximum absolute atomic E-state index is 12.4. The number of halogens is 1. The van der Waals surface area contributed by atoms with Crippen molar-refractivity contribution < 1.29 is 33.9 Å². The van der Waals surface area contributed by atoms with E-state index in [1.165, 1.54) is 0 Å². The quantitative estimate of drug-likeness (QED) is 0.528. The molecule has 0 radical (unpaired) electrons. The monoisotopic (exact) mass is 440 g/mol. The molecule has 2 aliphatic heterocycles. The van der Waals surface area contributed by atoms with Gasteiger partial charge in [0.05, 0.1) is 19.1 Å². The molecule has 2 atom stereocenters. The highest BCUT2D eigenvalue weighted by molar-refractivity contribution is 6.44. The van der Waals surface area contributed by atoms with Crippen LogP contribution in [0.4, 0.5) is 0 Å². The molecule has 1 saturated heterocycles. The van der Waals surface area contributed by atoms with E-state index in [-0.39, 0.29) is 53.7 Å². The van der Waals surface area contributed by atoms with Gasteiger partial charge >= 0.3 is 13.1 Å². The second kappa shape index (κ2) is 9.68. The lowest BCUT2D eigenvalue weighted by molar-refractivity contribution is -0.145. The molecule has 30 heavy (non-hydrogen) atoms. The molecule has 1 aromatic carbocycles. The Hall–Kier alpha value is -2.30. The van der Waals surface area contributed by atoms with Crippen LogP contribution in [0.2, 0.25) is 6.32 Å². The van der Waals surface area contributed by atoms with Gasteiger partial charge in [0.1, 0.15) is 28.9 Å². The third kappa shape index (κ3) is 5.06. The van der Waals surface area contributed by atoms with Crippen LogP contribution in [0, 0.1) is 5.92 Å². The molecular formula is C19H26BClN2O7. The number of hydrogen-bond acceptors (Lipinski definition) is 7. The van der Waals surface area contributed by atoms with Crippen LogP contribution in [0.15, 0.2) is 12.1 Å². The minimum Gasteiger partial charge on any atom is -0.535 e. The maximum atomic E-state index is 12.4. The van der Waals surface area contributed by atoms with Gasteiger partial charge in [-0.3, -0.25) is 9.59 Å². The van der Waals surface area contributed by atoms with Crippen molar-refractivity contribution in [3.05, 3.63) is 23.3 Å². The first kappa shape index (κ1) is 24.0. The highest BCUT2D eigenvalue weighted by atomic mass is 35.5. The van der Waals surface area contributed by atoms with Crippen LogP contribution in [0.1, 0.15) is 36.2 Å². The Bertz CT molecular complexity index is 829. The van der Waals surface area contributed by atoms with Crippen molar-refractivity contribution in [2.45, 2.75) is 45.2 Å². The summed E-state index contributed by atoms with van der Waals surface area (Å²) in [5, 5.41) is 19.3. The van der Waals surface area contributed by atoms with Crippen LogP contribution in [-0.4, -0.2) is 65.0 Å². The van der Waals surface area contributed by atoms with E-state index in [1.54, 1.807) is 30.9 Å². The topological polar surface area (TPSA) is 139 Å². The molecule has 1 aromatic rings. The number of fused-ring (bicyclic) bond motifs is 1. The van der Waals surface area contributed by atoms with Gasteiger partial charge in [-0.2, -0.15) is 0 Å². The number of aromatic carboxylic acids is 1. The van der Waals surface area contributed by atoms with Gasteiger partial charge in [-0.25, -0.2) is 4.79 Å². The van der Waals surface area contributed by atoms with Gasteiger partial charge in [-0.1, -0.05) is 13.0 Å². The Labute approximate surface area is 181 Å². The van der Waals surface area contributed by atoms with Crippen molar-refractivity contribution in [1.29, 1.82) is 0 Å². The number of rotatable bonds is 7. The number of Topliss-reactive ketones (excluding diaryl/α,β-unsaturated/α-hetero) is 1. The molecule has 11 heteroatoms. The van der Waals surface area contributed by atoms with Crippen LogP contribution in [0.5, 0.6) is 11.5 Å². The number of aryl methyl sites for hydroxylation is 1. The van der Waals surface area contributed by atoms with Crippen LogP contribution in [0.25, 0.3) is 0 Å². The number of carboxylic acid groups (broad SMARTS) is 1. The number of nitrogens with zero attached hydrogens (tertiary/aromatic N) is 1. The Kier molecular flexibility index (Phi) is 7.73. The minimum absolute atomic E-state index is 0. The Morgan fingerprint density at radius 3 is 2.60 bits per heavy atom. The van der Waals surface area contributed by atoms with Gasteiger partial charge in [-0.15, -0.1) is 12.4 Å². The third-order valence-electron chi connectivity index (χ3n) is 5.22. The average Bonchev–Trinajstić information content (AvgIpc) is 2.62. The zero-order chi connectivity index (χ0) is 21.3. The largest absolute Gasteiger partial charge is 0.535 e. The maximum Gasteiger partial charge on any atom is 0.522 e. The zero-order valence-electron chi connectivity index (χ0n) is 16.9. The molecule has 164 valence electrons. The lowest BCUT2D eigenvalue weighted by Crippen LogP contribution is -2.57. The van der Waals surface area contributed by atoms with E-state index in [0.29, 0.717) is 31.4 Å². The molecule has 3 rings (SSSR count). The van der Waals surface area contributed by atoms with Crippen molar-refractivity contribution in [3.63, 3.8) is 0 Å². The first-order valence-electron chi connectivity index (χ1n) is 9.65. The van der Waals surface area contributed by atoms with Crippen molar-refractivity contribution in [1.82, 2.24) is 4.90 Å². The van der Waals surface area contributed by atoms with Crippen LogP contribution < -0.4 is 15.1 Å². The molecule has 0 unspecified atom stereocenters. The summed E-state index contributed by atoms with van der Waals surface area (Å²) in [6.07, 6.45) is 0.641. The molecular weight excluding hydrogens is 414 g/mol. The molecule has 0 saturated carbocycles. The van der Waals surface area contributed by atoms with Crippen LogP contribution >= 0.6 is 12.4 Å². The second-order valence-corrected chi connectivity index (χ2v) is 7.69. The van der Waals surface area contributed by atoms with Crippen molar-refractivity contribution in [2.75, 3.05) is 13.1 Å². The van der Waals surface area contributed by atoms with Gasteiger partial charge < -0.3 is 30.2 Å². The van der Waals surface area contributed by atoms with Gasteiger partial charge in [-0.05, 0) is 31.3 Å². The van der Waals surface area contributed by atoms with E-state index in [4.69, 9.17) is 15.1 Å². The molecule has 1 amide bonds. The fourth-order valence-electron chi connectivity index (χ4n) is 3.47. The molecule has 9 nitrogen and oxygen atoms in total. The molecule has 0 spiro atoms.